The van der Waals surface area contributed by atoms with Crippen molar-refractivity contribution in [3.8, 4) is 0 Å². The summed E-state index contributed by atoms with van der Waals surface area (Å²) in [5, 5.41) is 1.83. The third-order valence-electron chi connectivity index (χ3n) is 2.44. The molecule has 0 radical (unpaired) electrons. The number of nitrogens with one attached hydrogen (secondary N) is 1. The van der Waals surface area contributed by atoms with E-state index in [9.17, 15) is 18.0 Å². The number of hydrogen-bond acceptors (Lipinski definition) is 1. The fourth-order valence-electron chi connectivity index (χ4n) is 1.31. The maximum Gasteiger partial charge on any atom is 0.471 e. The monoisotopic (exact) mass is 231 g/mol. The van der Waals surface area contributed by atoms with Crippen molar-refractivity contribution in [3.63, 3.8) is 0 Å². The van der Waals surface area contributed by atoms with Gasteiger partial charge in [0.1, 0.15) is 0 Å². The lowest BCUT2D eigenvalue weighted by atomic mass is 10.0. The predicted octanol–water partition coefficient (Wildman–Crippen LogP) is 3.11. The second-order valence-electron chi connectivity index (χ2n) is 3.69. The molecule has 0 fully saturated rings. The van der Waals surface area contributed by atoms with Crippen molar-refractivity contribution in [2.45, 2.75) is 26.9 Å². The summed E-state index contributed by atoms with van der Waals surface area (Å²) in [6, 6.07) is 3.04. The van der Waals surface area contributed by atoms with E-state index in [4.69, 9.17) is 0 Å². The molecule has 5 heteroatoms. The summed E-state index contributed by atoms with van der Waals surface area (Å²) in [6.07, 6.45) is -4.85. The van der Waals surface area contributed by atoms with Gasteiger partial charge in [0.15, 0.2) is 0 Å². The summed E-state index contributed by atoms with van der Waals surface area (Å²) in [7, 11) is 0. The Balaban J connectivity index is 2.96. The zero-order chi connectivity index (χ0) is 12.5. The van der Waals surface area contributed by atoms with Gasteiger partial charge in [0.05, 0.1) is 0 Å². The van der Waals surface area contributed by atoms with E-state index in [1.807, 2.05) is 12.2 Å². The van der Waals surface area contributed by atoms with Crippen LogP contribution >= 0.6 is 0 Å². The van der Waals surface area contributed by atoms with Gasteiger partial charge in [-0.1, -0.05) is 0 Å². The van der Waals surface area contributed by atoms with Gasteiger partial charge in [-0.15, -0.1) is 0 Å². The topological polar surface area (TPSA) is 29.1 Å². The Kier molecular flexibility index (Phi) is 3.26. The minimum Gasteiger partial charge on any atom is -0.318 e. The second kappa shape index (κ2) is 4.15. The molecule has 1 rings (SSSR count). The van der Waals surface area contributed by atoms with E-state index in [2.05, 4.69) is 0 Å². The third-order valence-corrected chi connectivity index (χ3v) is 2.44. The molecule has 0 aliphatic heterocycles. The molecule has 0 unspecified atom stereocenters. The summed E-state index contributed by atoms with van der Waals surface area (Å²) in [5.41, 5.74) is 2.86. The Bertz CT molecular complexity index is 401. The fraction of sp³-hybridized carbons (Fsp3) is 0.364. The number of halogens is 3. The number of benzene rings is 1. The SMILES string of the molecule is Cc1cc(NC(=O)C(F)(F)F)cc(C)c1C. The fourth-order valence-corrected chi connectivity index (χ4v) is 1.31. The van der Waals surface area contributed by atoms with Gasteiger partial charge in [-0.05, 0) is 49.6 Å². The maximum atomic E-state index is 12.0. The predicted molar refractivity (Wildman–Crippen MR) is 55.3 cm³/mol. The Labute approximate surface area is 91.5 Å². The van der Waals surface area contributed by atoms with E-state index in [1.165, 1.54) is 12.1 Å². The molecule has 88 valence electrons. The lowest BCUT2D eigenvalue weighted by molar-refractivity contribution is -0.167. The van der Waals surface area contributed by atoms with Crippen molar-refractivity contribution in [2.24, 2.45) is 0 Å². The minimum atomic E-state index is -4.85. The maximum absolute atomic E-state index is 12.0. The van der Waals surface area contributed by atoms with Gasteiger partial charge >= 0.3 is 12.1 Å². The van der Waals surface area contributed by atoms with Gasteiger partial charge in [0.2, 0.25) is 0 Å². The van der Waals surface area contributed by atoms with Crippen molar-refractivity contribution in [1.29, 1.82) is 0 Å². The van der Waals surface area contributed by atoms with Gasteiger partial charge in [0.25, 0.3) is 0 Å². The molecule has 1 aromatic carbocycles. The van der Waals surface area contributed by atoms with Gasteiger partial charge < -0.3 is 5.32 Å². The molecule has 0 atom stereocenters. The van der Waals surface area contributed by atoms with Crippen molar-refractivity contribution >= 4 is 11.6 Å². The highest BCUT2D eigenvalue weighted by Gasteiger charge is 2.38. The summed E-state index contributed by atoms with van der Waals surface area (Å²) in [4.78, 5) is 10.7. The molecule has 0 aromatic heterocycles. The van der Waals surface area contributed by atoms with Crippen LogP contribution in [0.5, 0.6) is 0 Å². The highest BCUT2D eigenvalue weighted by atomic mass is 19.4. The van der Waals surface area contributed by atoms with E-state index in [0.717, 1.165) is 16.7 Å². The van der Waals surface area contributed by atoms with Crippen LogP contribution in [0.2, 0.25) is 0 Å². The molecule has 2 nitrogen and oxygen atoms in total. The van der Waals surface area contributed by atoms with Crippen molar-refractivity contribution in [2.75, 3.05) is 5.32 Å². The molecular weight excluding hydrogens is 219 g/mol. The van der Waals surface area contributed by atoms with E-state index in [0.29, 0.717) is 0 Å². The van der Waals surface area contributed by atoms with Crippen LogP contribution in [-0.2, 0) is 4.79 Å². The smallest absolute Gasteiger partial charge is 0.318 e. The van der Waals surface area contributed by atoms with Gasteiger partial charge in [-0.2, -0.15) is 13.2 Å². The largest absolute Gasteiger partial charge is 0.471 e. The number of anilines is 1. The molecule has 1 N–H and O–H groups in total. The molecule has 16 heavy (non-hydrogen) atoms. The van der Waals surface area contributed by atoms with E-state index in [1.54, 1.807) is 13.8 Å². The Morgan fingerprint density at radius 3 is 1.94 bits per heavy atom. The Morgan fingerprint density at radius 2 is 1.56 bits per heavy atom. The molecule has 0 saturated carbocycles. The summed E-state index contributed by atoms with van der Waals surface area (Å²) in [5.74, 6) is -1.95. The summed E-state index contributed by atoms with van der Waals surface area (Å²) >= 11 is 0. The normalized spacial score (nSPS) is 11.4. The second-order valence-corrected chi connectivity index (χ2v) is 3.69. The average Bonchev–Trinajstić information content (AvgIpc) is 2.12. The molecule has 0 aliphatic carbocycles. The quantitative estimate of drug-likeness (QED) is 0.790. The number of hydrogen-bond donors (Lipinski definition) is 1. The van der Waals surface area contributed by atoms with Crippen LogP contribution in [-0.4, -0.2) is 12.1 Å². The first-order valence-electron chi connectivity index (χ1n) is 4.68. The first kappa shape index (κ1) is 12.5. The first-order valence-corrected chi connectivity index (χ1v) is 4.68. The highest BCUT2D eigenvalue weighted by molar-refractivity contribution is 5.95. The third kappa shape index (κ3) is 2.74. The molecule has 0 spiro atoms. The molecule has 0 aliphatic rings. The average molecular weight is 231 g/mol. The standard InChI is InChI=1S/C11H12F3NO/c1-6-4-9(5-7(2)8(6)3)15-10(16)11(12,13)14/h4-5H,1-3H3,(H,15,16). The number of aryl methyl sites for hydroxylation is 2. The Morgan fingerprint density at radius 1 is 1.12 bits per heavy atom. The van der Waals surface area contributed by atoms with E-state index >= 15 is 0 Å². The van der Waals surface area contributed by atoms with E-state index < -0.39 is 12.1 Å². The lowest BCUT2D eigenvalue weighted by Crippen LogP contribution is -2.30. The molecule has 1 aromatic rings. The number of alkyl halides is 3. The van der Waals surface area contributed by atoms with Gasteiger partial charge in [-0.25, -0.2) is 0 Å². The van der Waals surface area contributed by atoms with Crippen LogP contribution in [0.15, 0.2) is 12.1 Å². The van der Waals surface area contributed by atoms with Crippen molar-refractivity contribution in [3.05, 3.63) is 28.8 Å². The number of carbonyl (C=O) groups is 1. The zero-order valence-electron chi connectivity index (χ0n) is 9.20. The van der Waals surface area contributed by atoms with Gasteiger partial charge in [0, 0.05) is 5.69 Å². The Hall–Kier alpha value is -1.52. The molecule has 0 bridgehead atoms. The summed E-state index contributed by atoms with van der Waals surface area (Å²) in [6.45, 7) is 5.44. The molecule has 0 saturated heterocycles. The number of amides is 1. The van der Waals surface area contributed by atoms with Gasteiger partial charge in [-0.3, -0.25) is 4.79 Å². The van der Waals surface area contributed by atoms with Crippen molar-refractivity contribution in [1.82, 2.24) is 0 Å². The van der Waals surface area contributed by atoms with Crippen LogP contribution in [0.25, 0.3) is 0 Å². The molecule has 0 heterocycles. The number of rotatable bonds is 1. The molecule has 1 amide bonds. The summed E-state index contributed by atoms with van der Waals surface area (Å²) < 4.78 is 36.0. The first-order chi connectivity index (χ1) is 7.21. The highest BCUT2D eigenvalue weighted by Crippen LogP contribution is 2.22. The van der Waals surface area contributed by atoms with Crippen LogP contribution in [0.1, 0.15) is 16.7 Å². The van der Waals surface area contributed by atoms with E-state index in [-0.39, 0.29) is 5.69 Å². The number of carbonyl (C=O) groups excluding carboxylic acids is 1. The van der Waals surface area contributed by atoms with Crippen LogP contribution in [0, 0.1) is 20.8 Å². The van der Waals surface area contributed by atoms with Crippen LogP contribution in [0.4, 0.5) is 18.9 Å². The van der Waals surface area contributed by atoms with Crippen LogP contribution < -0.4 is 5.32 Å². The molecular formula is C11H12F3NO. The zero-order valence-corrected chi connectivity index (χ0v) is 9.20. The van der Waals surface area contributed by atoms with Crippen molar-refractivity contribution < 1.29 is 18.0 Å². The lowest BCUT2D eigenvalue weighted by Gasteiger charge is -2.11. The minimum absolute atomic E-state index is 0.169. The van der Waals surface area contributed by atoms with Crippen LogP contribution in [0.3, 0.4) is 0 Å².